The maximum absolute atomic E-state index is 11.9. The number of para-hydroxylation sites is 2. The molecule has 0 aliphatic heterocycles. The van der Waals surface area contributed by atoms with Crippen molar-refractivity contribution in [2.75, 3.05) is 18.2 Å². The lowest BCUT2D eigenvalue weighted by Gasteiger charge is -2.09. The molecule has 0 aliphatic rings. The Balaban J connectivity index is 1.81. The Morgan fingerprint density at radius 1 is 1.25 bits per heavy atom. The van der Waals surface area contributed by atoms with E-state index in [0.717, 1.165) is 0 Å². The van der Waals surface area contributed by atoms with Crippen LogP contribution in [0.25, 0.3) is 0 Å². The molecule has 1 aromatic heterocycles. The summed E-state index contributed by atoms with van der Waals surface area (Å²) in [7, 11) is 1.58. The van der Waals surface area contributed by atoms with Crippen LogP contribution in [-0.2, 0) is 4.79 Å². The van der Waals surface area contributed by atoms with Crippen molar-refractivity contribution in [3.8, 4) is 5.75 Å². The molecule has 0 saturated heterocycles. The predicted molar refractivity (Wildman–Crippen MR) is 79.0 cm³/mol. The van der Waals surface area contributed by atoms with Crippen molar-refractivity contribution < 1.29 is 9.53 Å². The average molecular weight is 289 g/mol. The van der Waals surface area contributed by atoms with Gasteiger partial charge in [-0.05, 0) is 18.2 Å². The molecule has 0 radical (unpaired) electrons. The maximum atomic E-state index is 11.9. The third-order valence-electron chi connectivity index (χ3n) is 2.48. The number of carbonyl (C=O) groups is 1. The number of anilines is 1. The SMILES string of the molecule is COc1ccccc1NC(=O)CCSc1ncccn1. The van der Waals surface area contributed by atoms with Crippen LogP contribution in [0.15, 0.2) is 47.9 Å². The van der Waals surface area contributed by atoms with E-state index in [4.69, 9.17) is 4.74 Å². The number of aromatic nitrogens is 2. The van der Waals surface area contributed by atoms with Crippen LogP contribution >= 0.6 is 11.8 Å². The van der Waals surface area contributed by atoms with Crippen molar-refractivity contribution in [3.05, 3.63) is 42.7 Å². The van der Waals surface area contributed by atoms with Crippen molar-refractivity contribution in [2.24, 2.45) is 0 Å². The van der Waals surface area contributed by atoms with E-state index >= 15 is 0 Å². The normalized spacial score (nSPS) is 10.1. The fourth-order valence-electron chi connectivity index (χ4n) is 1.56. The molecular formula is C14H15N3O2S. The number of hydrogen-bond acceptors (Lipinski definition) is 5. The molecule has 0 bridgehead atoms. The van der Waals surface area contributed by atoms with Crippen LogP contribution in [0.4, 0.5) is 5.69 Å². The molecule has 6 heteroatoms. The van der Waals surface area contributed by atoms with Crippen molar-refractivity contribution in [1.29, 1.82) is 0 Å². The topological polar surface area (TPSA) is 64.1 Å². The molecule has 0 unspecified atom stereocenters. The lowest BCUT2D eigenvalue weighted by Crippen LogP contribution is -2.13. The Morgan fingerprint density at radius 2 is 2.00 bits per heavy atom. The van der Waals surface area contributed by atoms with Crippen molar-refractivity contribution in [2.45, 2.75) is 11.6 Å². The van der Waals surface area contributed by atoms with Gasteiger partial charge < -0.3 is 10.1 Å². The quantitative estimate of drug-likeness (QED) is 0.654. The Morgan fingerprint density at radius 3 is 2.75 bits per heavy atom. The Kier molecular flexibility index (Phi) is 5.37. The van der Waals surface area contributed by atoms with E-state index in [-0.39, 0.29) is 5.91 Å². The third kappa shape index (κ3) is 4.24. The molecule has 0 spiro atoms. The first kappa shape index (κ1) is 14.3. The van der Waals surface area contributed by atoms with Crippen LogP contribution in [-0.4, -0.2) is 28.7 Å². The second kappa shape index (κ2) is 7.49. The van der Waals surface area contributed by atoms with Crippen molar-refractivity contribution >= 4 is 23.4 Å². The summed E-state index contributed by atoms with van der Waals surface area (Å²) >= 11 is 1.45. The van der Waals surface area contributed by atoms with Gasteiger partial charge in [0.2, 0.25) is 5.91 Å². The summed E-state index contributed by atoms with van der Waals surface area (Å²) in [4.78, 5) is 20.0. The summed E-state index contributed by atoms with van der Waals surface area (Å²) in [6, 6.07) is 9.09. The van der Waals surface area contributed by atoms with Crippen LogP contribution in [0.3, 0.4) is 0 Å². The van der Waals surface area contributed by atoms with Gasteiger partial charge in [0.15, 0.2) is 5.16 Å². The number of nitrogens with zero attached hydrogens (tertiary/aromatic N) is 2. The van der Waals surface area contributed by atoms with Crippen LogP contribution in [0.5, 0.6) is 5.75 Å². The van der Waals surface area contributed by atoms with E-state index in [0.29, 0.717) is 28.8 Å². The minimum atomic E-state index is -0.0575. The highest BCUT2D eigenvalue weighted by Crippen LogP contribution is 2.23. The van der Waals surface area contributed by atoms with Gasteiger partial charge in [-0.1, -0.05) is 23.9 Å². The number of rotatable bonds is 6. The van der Waals surface area contributed by atoms with Crippen molar-refractivity contribution in [1.82, 2.24) is 9.97 Å². The van der Waals surface area contributed by atoms with E-state index in [9.17, 15) is 4.79 Å². The number of hydrogen-bond donors (Lipinski definition) is 1. The Hall–Kier alpha value is -2.08. The maximum Gasteiger partial charge on any atom is 0.225 e. The highest BCUT2D eigenvalue weighted by atomic mass is 32.2. The van der Waals surface area contributed by atoms with Crippen LogP contribution in [0.1, 0.15) is 6.42 Å². The molecule has 0 fully saturated rings. The van der Waals surface area contributed by atoms with E-state index < -0.39 is 0 Å². The standard InChI is InChI=1S/C14H15N3O2S/c1-19-12-6-3-2-5-11(12)17-13(18)7-10-20-14-15-8-4-9-16-14/h2-6,8-9H,7,10H2,1H3,(H,17,18). The highest BCUT2D eigenvalue weighted by molar-refractivity contribution is 7.99. The Bertz CT molecular complexity index is 563. The van der Waals surface area contributed by atoms with Crippen LogP contribution in [0.2, 0.25) is 0 Å². The number of methoxy groups -OCH3 is 1. The van der Waals surface area contributed by atoms with Gasteiger partial charge >= 0.3 is 0 Å². The summed E-state index contributed by atoms with van der Waals surface area (Å²) in [5, 5.41) is 3.51. The highest BCUT2D eigenvalue weighted by Gasteiger charge is 2.07. The molecule has 2 aromatic rings. The number of amides is 1. The first-order chi connectivity index (χ1) is 9.79. The lowest BCUT2D eigenvalue weighted by atomic mass is 10.3. The largest absolute Gasteiger partial charge is 0.495 e. The summed E-state index contributed by atoms with van der Waals surface area (Å²) < 4.78 is 5.18. The summed E-state index contributed by atoms with van der Waals surface area (Å²) in [5.74, 6) is 1.23. The zero-order chi connectivity index (χ0) is 14.2. The lowest BCUT2D eigenvalue weighted by molar-refractivity contribution is -0.115. The number of carbonyl (C=O) groups excluding carboxylic acids is 1. The molecule has 104 valence electrons. The van der Waals surface area contributed by atoms with Gasteiger partial charge in [0, 0.05) is 24.6 Å². The first-order valence-corrected chi connectivity index (χ1v) is 7.11. The fraction of sp³-hybridized carbons (Fsp3) is 0.214. The van der Waals surface area contributed by atoms with Gasteiger partial charge in [-0.15, -0.1) is 0 Å². The van der Waals surface area contributed by atoms with E-state index in [1.54, 1.807) is 25.6 Å². The van der Waals surface area contributed by atoms with Gasteiger partial charge in [0.1, 0.15) is 5.75 Å². The number of thioether (sulfide) groups is 1. The molecule has 20 heavy (non-hydrogen) atoms. The summed E-state index contributed by atoms with van der Waals surface area (Å²) in [5.41, 5.74) is 0.681. The number of benzene rings is 1. The van der Waals surface area contributed by atoms with Gasteiger partial charge in [0.25, 0.3) is 0 Å². The van der Waals surface area contributed by atoms with Gasteiger partial charge in [0.05, 0.1) is 12.8 Å². The van der Waals surface area contributed by atoms with Crippen LogP contribution in [0, 0.1) is 0 Å². The number of nitrogens with one attached hydrogen (secondary N) is 1. The van der Waals surface area contributed by atoms with E-state index in [1.807, 2.05) is 24.3 Å². The second-order valence-corrected chi connectivity index (χ2v) is 4.94. The molecule has 5 nitrogen and oxygen atoms in total. The monoisotopic (exact) mass is 289 g/mol. The molecule has 1 N–H and O–H groups in total. The molecular weight excluding hydrogens is 274 g/mol. The minimum absolute atomic E-state index is 0.0575. The smallest absolute Gasteiger partial charge is 0.225 e. The minimum Gasteiger partial charge on any atom is -0.495 e. The van der Waals surface area contributed by atoms with E-state index in [1.165, 1.54) is 11.8 Å². The summed E-state index contributed by atoms with van der Waals surface area (Å²) in [6.45, 7) is 0. The first-order valence-electron chi connectivity index (χ1n) is 6.12. The molecule has 1 amide bonds. The molecule has 0 saturated carbocycles. The molecule has 1 heterocycles. The molecule has 0 atom stereocenters. The average Bonchev–Trinajstić information content (AvgIpc) is 2.49. The van der Waals surface area contributed by atoms with Gasteiger partial charge in [-0.25, -0.2) is 9.97 Å². The predicted octanol–water partition coefficient (Wildman–Crippen LogP) is 2.61. The zero-order valence-corrected chi connectivity index (χ0v) is 11.9. The zero-order valence-electron chi connectivity index (χ0n) is 11.1. The van der Waals surface area contributed by atoms with Crippen LogP contribution < -0.4 is 10.1 Å². The van der Waals surface area contributed by atoms with Gasteiger partial charge in [-0.2, -0.15) is 0 Å². The summed E-state index contributed by atoms with van der Waals surface area (Å²) in [6.07, 6.45) is 3.76. The molecule has 0 aliphatic carbocycles. The van der Waals surface area contributed by atoms with Gasteiger partial charge in [-0.3, -0.25) is 4.79 Å². The molecule has 2 rings (SSSR count). The second-order valence-electron chi connectivity index (χ2n) is 3.88. The third-order valence-corrected chi connectivity index (χ3v) is 3.36. The van der Waals surface area contributed by atoms with E-state index in [2.05, 4.69) is 15.3 Å². The number of ether oxygens (including phenoxy) is 1. The molecule has 1 aromatic carbocycles. The Labute approximate surface area is 121 Å². The van der Waals surface area contributed by atoms with Crippen molar-refractivity contribution in [3.63, 3.8) is 0 Å². The fourth-order valence-corrected chi connectivity index (χ4v) is 2.30.